The summed E-state index contributed by atoms with van der Waals surface area (Å²) in [6.45, 7) is 4.04. The highest BCUT2D eigenvalue weighted by Gasteiger charge is 2.44. The van der Waals surface area contributed by atoms with Gasteiger partial charge in [-0.25, -0.2) is 5.01 Å². The lowest BCUT2D eigenvalue weighted by atomic mass is 9.75. The van der Waals surface area contributed by atoms with Crippen LogP contribution < -0.4 is 4.74 Å². The third-order valence-electron chi connectivity index (χ3n) is 4.04. The van der Waals surface area contributed by atoms with Crippen molar-refractivity contribution in [1.82, 2.24) is 5.01 Å². The molecule has 1 aromatic carbocycles. The lowest BCUT2D eigenvalue weighted by Crippen LogP contribution is -2.34. The first kappa shape index (κ1) is 16.5. The molecule has 1 aromatic rings. The Labute approximate surface area is 135 Å². The summed E-state index contributed by atoms with van der Waals surface area (Å²) >= 11 is 0. The van der Waals surface area contributed by atoms with Gasteiger partial charge in [0.1, 0.15) is 11.7 Å². The molecule has 1 amide bonds. The maximum atomic E-state index is 12.6. The molecule has 0 fully saturated rings. The van der Waals surface area contributed by atoms with Crippen LogP contribution in [0.4, 0.5) is 0 Å². The fraction of sp³-hybridized carbons (Fsp3) is 0.412. The van der Waals surface area contributed by atoms with Gasteiger partial charge in [0.2, 0.25) is 0 Å². The van der Waals surface area contributed by atoms with Gasteiger partial charge in [-0.3, -0.25) is 4.79 Å². The van der Waals surface area contributed by atoms with Gasteiger partial charge in [0.25, 0.3) is 5.91 Å². The highest BCUT2D eigenvalue weighted by Crippen LogP contribution is 2.40. The van der Waals surface area contributed by atoms with E-state index in [0.29, 0.717) is 23.6 Å². The van der Waals surface area contributed by atoms with Crippen molar-refractivity contribution in [2.45, 2.75) is 19.8 Å². The average molecular weight is 310 g/mol. The molecular formula is C17H18N4O2. The number of hydrogen-bond donors (Lipinski definition) is 0. The zero-order valence-electron chi connectivity index (χ0n) is 13.4. The molecule has 0 radical (unpaired) electrons. The predicted molar refractivity (Wildman–Crippen MR) is 84.4 cm³/mol. The largest absolute Gasteiger partial charge is 0.496 e. The summed E-state index contributed by atoms with van der Waals surface area (Å²) in [6, 6.07) is 11.2. The van der Waals surface area contributed by atoms with Crippen LogP contribution in [-0.2, 0) is 4.79 Å². The first-order chi connectivity index (χ1) is 11.1. The lowest BCUT2D eigenvalue weighted by molar-refractivity contribution is -0.132. The van der Waals surface area contributed by atoms with E-state index in [-0.39, 0.29) is 5.91 Å². The number of para-hydroxylation sites is 1. The van der Waals surface area contributed by atoms with Gasteiger partial charge in [0.05, 0.1) is 25.2 Å². The molecule has 0 N–H and O–H groups in total. The number of hydrogen-bond acceptors (Lipinski definition) is 5. The molecule has 0 unspecified atom stereocenters. The molecule has 0 saturated heterocycles. The van der Waals surface area contributed by atoms with Gasteiger partial charge in [-0.05, 0) is 19.9 Å². The van der Waals surface area contributed by atoms with E-state index < -0.39 is 17.8 Å². The van der Waals surface area contributed by atoms with Gasteiger partial charge in [-0.2, -0.15) is 15.6 Å². The van der Waals surface area contributed by atoms with Gasteiger partial charge >= 0.3 is 0 Å². The maximum Gasteiger partial charge on any atom is 0.252 e. The minimum absolute atomic E-state index is 0.184. The van der Waals surface area contributed by atoms with Crippen molar-refractivity contribution < 1.29 is 9.53 Å². The van der Waals surface area contributed by atoms with Gasteiger partial charge in [-0.1, -0.05) is 18.2 Å². The molecule has 6 heteroatoms. The molecular weight excluding hydrogens is 292 g/mol. The third-order valence-corrected chi connectivity index (χ3v) is 4.04. The van der Waals surface area contributed by atoms with Crippen molar-refractivity contribution in [3.05, 3.63) is 29.8 Å². The molecule has 0 bridgehead atoms. The van der Waals surface area contributed by atoms with Crippen molar-refractivity contribution in [3.8, 4) is 17.9 Å². The van der Waals surface area contributed by atoms with Crippen LogP contribution in [0.25, 0.3) is 0 Å². The average Bonchev–Trinajstić information content (AvgIpc) is 2.86. The Morgan fingerprint density at radius 2 is 2.00 bits per heavy atom. The summed E-state index contributed by atoms with van der Waals surface area (Å²) in [5, 5.41) is 24.4. The second-order valence-electron chi connectivity index (χ2n) is 5.28. The number of hydrazone groups is 1. The van der Waals surface area contributed by atoms with Crippen molar-refractivity contribution >= 4 is 11.6 Å². The molecule has 118 valence electrons. The van der Waals surface area contributed by atoms with E-state index in [1.165, 1.54) is 12.1 Å². The summed E-state index contributed by atoms with van der Waals surface area (Å²) in [5.41, 5.74) is 1.29. The van der Waals surface area contributed by atoms with E-state index in [0.717, 1.165) is 0 Å². The molecule has 0 aromatic heterocycles. The van der Waals surface area contributed by atoms with E-state index in [9.17, 15) is 15.3 Å². The number of nitrogens with zero attached hydrogens (tertiary/aromatic N) is 4. The normalized spacial score (nSPS) is 18.3. The zero-order chi connectivity index (χ0) is 17.0. The molecule has 2 atom stereocenters. The number of ether oxygens (including phenoxy) is 1. The van der Waals surface area contributed by atoms with Crippen LogP contribution in [0, 0.1) is 34.5 Å². The second-order valence-corrected chi connectivity index (χ2v) is 5.28. The molecule has 0 aliphatic carbocycles. The number of methoxy groups -OCH3 is 1. The Bertz CT molecular complexity index is 700. The fourth-order valence-electron chi connectivity index (χ4n) is 2.96. The van der Waals surface area contributed by atoms with Gasteiger partial charge < -0.3 is 4.74 Å². The summed E-state index contributed by atoms with van der Waals surface area (Å²) in [4.78, 5) is 12.6. The molecule has 6 nitrogen and oxygen atoms in total. The van der Waals surface area contributed by atoms with Crippen LogP contribution in [0.2, 0.25) is 0 Å². The van der Waals surface area contributed by atoms with Crippen LogP contribution in [0.5, 0.6) is 5.75 Å². The Kier molecular flexibility index (Phi) is 4.98. The third kappa shape index (κ3) is 2.89. The SMILES string of the molecule is CCN1N=C(C)[C@H]([C@@H](c2ccccc2OC)C(C#N)C#N)C1=O. The number of carbonyl (C=O) groups excluding carboxylic acids is 1. The predicted octanol–water partition coefficient (Wildman–Crippen LogP) is 2.30. The number of carbonyl (C=O) groups is 1. The van der Waals surface area contributed by atoms with Crippen LogP contribution in [0.15, 0.2) is 29.4 Å². The van der Waals surface area contributed by atoms with Crippen LogP contribution in [0.1, 0.15) is 25.3 Å². The van der Waals surface area contributed by atoms with Crippen LogP contribution >= 0.6 is 0 Å². The first-order valence-electron chi connectivity index (χ1n) is 7.37. The number of amides is 1. The molecule has 23 heavy (non-hydrogen) atoms. The minimum atomic E-state index is -0.970. The summed E-state index contributed by atoms with van der Waals surface area (Å²) in [7, 11) is 1.53. The highest BCUT2D eigenvalue weighted by molar-refractivity contribution is 6.07. The number of nitriles is 2. The lowest BCUT2D eigenvalue weighted by Gasteiger charge is -2.25. The Morgan fingerprint density at radius 1 is 1.35 bits per heavy atom. The Balaban J connectivity index is 2.57. The van der Waals surface area contributed by atoms with Crippen molar-refractivity contribution in [3.63, 3.8) is 0 Å². The van der Waals surface area contributed by atoms with Gasteiger partial charge in [-0.15, -0.1) is 0 Å². The standard InChI is InChI=1S/C17H18N4O2/c1-4-21-17(22)15(11(2)20-21)16(12(9-18)10-19)13-7-5-6-8-14(13)23-3/h5-8,12,15-16H,4H2,1-3H3/t15-,16-/m1/s1. The molecule has 2 rings (SSSR count). The maximum absolute atomic E-state index is 12.6. The van der Waals surface area contributed by atoms with Gasteiger partial charge in [0.15, 0.2) is 0 Å². The van der Waals surface area contributed by atoms with Crippen molar-refractivity contribution in [1.29, 1.82) is 10.5 Å². The quantitative estimate of drug-likeness (QED) is 0.834. The zero-order valence-corrected chi connectivity index (χ0v) is 13.4. The van der Waals surface area contributed by atoms with Crippen molar-refractivity contribution in [2.75, 3.05) is 13.7 Å². The van der Waals surface area contributed by atoms with E-state index >= 15 is 0 Å². The monoisotopic (exact) mass is 310 g/mol. The second kappa shape index (κ2) is 6.93. The smallest absolute Gasteiger partial charge is 0.252 e. The number of rotatable bonds is 5. The van der Waals surface area contributed by atoms with E-state index in [2.05, 4.69) is 5.10 Å². The van der Waals surface area contributed by atoms with E-state index in [1.54, 1.807) is 25.1 Å². The fourth-order valence-corrected chi connectivity index (χ4v) is 2.96. The molecule has 1 heterocycles. The highest BCUT2D eigenvalue weighted by atomic mass is 16.5. The Hall–Kier alpha value is -2.86. The molecule has 1 aliphatic rings. The summed E-state index contributed by atoms with van der Waals surface area (Å²) in [6.07, 6.45) is 0. The van der Waals surface area contributed by atoms with E-state index in [1.807, 2.05) is 25.1 Å². The van der Waals surface area contributed by atoms with Crippen LogP contribution in [0.3, 0.4) is 0 Å². The summed E-state index contributed by atoms with van der Waals surface area (Å²) in [5.74, 6) is -1.84. The van der Waals surface area contributed by atoms with Gasteiger partial charge in [0, 0.05) is 23.7 Å². The minimum Gasteiger partial charge on any atom is -0.496 e. The van der Waals surface area contributed by atoms with Crippen molar-refractivity contribution in [2.24, 2.45) is 16.9 Å². The topological polar surface area (TPSA) is 89.5 Å². The first-order valence-corrected chi connectivity index (χ1v) is 7.37. The molecule has 0 spiro atoms. The summed E-state index contributed by atoms with van der Waals surface area (Å²) < 4.78 is 5.37. The van der Waals surface area contributed by atoms with Crippen LogP contribution in [-0.4, -0.2) is 30.3 Å². The molecule has 1 aliphatic heterocycles. The molecule has 0 saturated carbocycles. The number of benzene rings is 1. The van der Waals surface area contributed by atoms with E-state index in [4.69, 9.17) is 4.74 Å². The Morgan fingerprint density at radius 3 is 2.52 bits per heavy atom.